The second-order valence-corrected chi connectivity index (χ2v) is 6.87. The van der Waals surface area contributed by atoms with E-state index in [9.17, 15) is 9.59 Å². The van der Waals surface area contributed by atoms with Crippen molar-refractivity contribution >= 4 is 17.8 Å². The molecule has 148 valence electrons. The third kappa shape index (κ3) is 4.80. The molecule has 8 nitrogen and oxygen atoms in total. The number of nitrogens with one attached hydrogen (secondary N) is 4. The first-order valence-corrected chi connectivity index (χ1v) is 9.40. The average Bonchev–Trinajstić information content (AvgIpc) is 3.29. The zero-order chi connectivity index (χ0) is 20.1. The summed E-state index contributed by atoms with van der Waals surface area (Å²) in [6.45, 7) is 1.39. The van der Waals surface area contributed by atoms with Crippen molar-refractivity contribution in [1.29, 1.82) is 0 Å². The number of carbonyl (C=O) groups excluding carboxylic acids is 2. The van der Waals surface area contributed by atoms with Gasteiger partial charge in [0.05, 0.1) is 18.7 Å². The lowest BCUT2D eigenvalue weighted by Gasteiger charge is -2.17. The molecule has 0 unspecified atom stereocenters. The first-order valence-electron chi connectivity index (χ1n) is 9.40. The van der Waals surface area contributed by atoms with Crippen LogP contribution >= 0.6 is 0 Å². The molecule has 0 spiro atoms. The molecule has 4 rings (SSSR count). The minimum atomic E-state index is -0.280. The summed E-state index contributed by atoms with van der Waals surface area (Å²) in [7, 11) is 0. The first-order chi connectivity index (χ1) is 14.2. The maximum absolute atomic E-state index is 12.3. The van der Waals surface area contributed by atoms with Crippen LogP contribution in [0.3, 0.4) is 0 Å². The monoisotopic (exact) mass is 390 g/mol. The summed E-state index contributed by atoms with van der Waals surface area (Å²) < 4.78 is 0. The smallest absolute Gasteiger partial charge is 0.329 e. The number of hydrogen-bond donors (Lipinski definition) is 4. The summed E-state index contributed by atoms with van der Waals surface area (Å²) in [6, 6.07) is 19.0. The second-order valence-electron chi connectivity index (χ2n) is 6.87. The van der Waals surface area contributed by atoms with Crippen LogP contribution in [-0.2, 0) is 30.8 Å². The Morgan fingerprint density at radius 1 is 0.966 bits per heavy atom. The molecule has 1 aliphatic rings. The van der Waals surface area contributed by atoms with Crippen molar-refractivity contribution in [2.45, 2.75) is 26.1 Å². The summed E-state index contributed by atoms with van der Waals surface area (Å²) >= 11 is 0. The summed E-state index contributed by atoms with van der Waals surface area (Å²) in [5, 5.41) is 14.6. The highest BCUT2D eigenvalue weighted by Gasteiger charge is 2.27. The molecule has 0 bridgehead atoms. The average molecular weight is 390 g/mol. The quantitative estimate of drug-likeness (QED) is 0.519. The minimum Gasteiger partial charge on any atom is -0.333 e. The van der Waals surface area contributed by atoms with Crippen LogP contribution in [0.25, 0.3) is 0 Å². The van der Waals surface area contributed by atoms with Crippen molar-refractivity contribution in [2.75, 3.05) is 5.32 Å². The summed E-state index contributed by atoms with van der Waals surface area (Å²) in [5.41, 5.74) is 6.48. The van der Waals surface area contributed by atoms with Crippen LogP contribution < -0.4 is 16.1 Å². The summed E-state index contributed by atoms with van der Waals surface area (Å²) in [5.74, 6) is 0.463. The van der Waals surface area contributed by atoms with Crippen molar-refractivity contribution in [3.8, 4) is 0 Å². The molecular weight excluding hydrogens is 368 g/mol. The first kappa shape index (κ1) is 18.7. The van der Waals surface area contributed by atoms with E-state index in [4.69, 9.17) is 0 Å². The van der Waals surface area contributed by atoms with E-state index in [0.717, 1.165) is 22.4 Å². The van der Waals surface area contributed by atoms with Gasteiger partial charge < -0.3 is 10.6 Å². The van der Waals surface area contributed by atoms with Crippen LogP contribution in [0, 0.1) is 0 Å². The van der Waals surface area contributed by atoms with Crippen molar-refractivity contribution in [1.82, 2.24) is 25.9 Å². The number of H-pyrrole nitrogens is 1. The molecule has 0 radical (unpaired) electrons. The van der Waals surface area contributed by atoms with E-state index in [0.29, 0.717) is 31.9 Å². The highest BCUT2D eigenvalue weighted by Crippen LogP contribution is 2.25. The van der Waals surface area contributed by atoms with E-state index in [-0.39, 0.29) is 11.9 Å². The topological polar surface area (TPSA) is 102 Å². The van der Waals surface area contributed by atoms with Crippen molar-refractivity contribution in [2.24, 2.45) is 0 Å². The maximum atomic E-state index is 12.3. The highest BCUT2D eigenvalue weighted by molar-refractivity contribution is 5.92. The molecule has 1 aromatic heterocycles. The van der Waals surface area contributed by atoms with Gasteiger partial charge in [-0.3, -0.25) is 15.3 Å². The Hall–Kier alpha value is -3.65. The van der Waals surface area contributed by atoms with E-state index < -0.39 is 0 Å². The summed E-state index contributed by atoms with van der Waals surface area (Å²) in [6.07, 6.45) is 0.290. The third-order valence-electron chi connectivity index (χ3n) is 4.67. The number of anilines is 1. The zero-order valence-electron chi connectivity index (χ0n) is 15.8. The number of urea groups is 1. The molecule has 0 saturated heterocycles. The van der Waals surface area contributed by atoms with Gasteiger partial charge >= 0.3 is 6.03 Å². The van der Waals surface area contributed by atoms with Gasteiger partial charge in [-0.1, -0.05) is 60.7 Å². The number of benzene rings is 2. The molecule has 3 amide bonds. The molecule has 0 saturated carbocycles. The van der Waals surface area contributed by atoms with Crippen LogP contribution in [0.4, 0.5) is 10.6 Å². The number of hydrazine groups is 1. The molecular formula is C21H22N6O2. The normalized spacial score (nSPS) is 13.0. The number of amides is 3. The molecule has 2 aromatic carbocycles. The molecule has 8 heteroatoms. The Labute approximate surface area is 168 Å². The fourth-order valence-corrected chi connectivity index (χ4v) is 3.24. The lowest BCUT2D eigenvalue weighted by Crippen LogP contribution is -2.44. The number of fused-ring (bicyclic) bond motifs is 1. The van der Waals surface area contributed by atoms with Gasteiger partial charge in [-0.2, -0.15) is 5.10 Å². The predicted octanol–water partition coefficient (Wildman–Crippen LogP) is 2.32. The number of carbonyl (C=O) groups is 2. The molecule has 29 heavy (non-hydrogen) atoms. The molecule has 0 atom stereocenters. The van der Waals surface area contributed by atoms with Gasteiger partial charge in [0.1, 0.15) is 5.82 Å². The Balaban J connectivity index is 1.28. The van der Waals surface area contributed by atoms with Gasteiger partial charge in [-0.15, -0.1) is 0 Å². The van der Waals surface area contributed by atoms with Crippen molar-refractivity contribution in [3.63, 3.8) is 0 Å². The van der Waals surface area contributed by atoms with Crippen molar-refractivity contribution in [3.05, 3.63) is 83.0 Å². The number of nitrogens with zero attached hydrogens (tertiary/aromatic N) is 2. The molecule has 0 aliphatic carbocycles. The van der Waals surface area contributed by atoms with E-state index in [2.05, 4.69) is 26.3 Å². The Bertz CT molecular complexity index is 987. The predicted molar refractivity (Wildman–Crippen MR) is 108 cm³/mol. The van der Waals surface area contributed by atoms with E-state index in [1.165, 1.54) is 0 Å². The van der Waals surface area contributed by atoms with Gasteiger partial charge in [-0.05, 0) is 11.1 Å². The van der Waals surface area contributed by atoms with Crippen LogP contribution in [0.15, 0.2) is 60.7 Å². The maximum Gasteiger partial charge on any atom is 0.329 e. The van der Waals surface area contributed by atoms with Gasteiger partial charge in [0.2, 0.25) is 5.91 Å². The molecule has 2 heterocycles. The summed E-state index contributed by atoms with van der Waals surface area (Å²) in [4.78, 5) is 24.5. The van der Waals surface area contributed by atoms with E-state index >= 15 is 0 Å². The largest absolute Gasteiger partial charge is 0.333 e. The SMILES string of the molecule is O=C(Cc1ccccc1)Nc1[nH]nc2c1CN(NC(=O)NCc1ccccc1)C2. The molecule has 4 N–H and O–H groups in total. The third-order valence-corrected chi connectivity index (χ3v) is 4.67. The van der Waals surface area contributed by atoms with E-state index in [1.54, 1.807) is 5.01 Å². The Morgan fingerprint density at radius 3 is 2.38 bits per heavy atom. The fourth-order valence-electron chi connectivity index (χ4n) is 3.24. The number of rotatable bonds is 6. The fraction of sp³-hybridized carbons (Fsp3) is 0.190. The molecule has 0 fully saturated rings. The number of aromatic nitrogens is 2. The van der Waals surface area contributed by atoms with Crippen LogP contribution in [0.5, 0.6) is 0 Å². The minimum absolute atomic E-state index is 0.116. The molecule has 3 aromatic rings. The highest BCUT2D eigenvalue weighted by atomic mass is 16.2. The Kier molecular flexibility index (Phi) is 5.53. The second kappa shape index (κ2) is 8.57. The number of aromatic amines is 1. The lowest BCUT2D eigenvalue weighted by molar-refractivity contribution is -0.115. The van der Waals surface area contributed by atoms with Gasteiger partial charge in [-0.25, -0.2) is 9.80 Å². The van der Waals surface area contributed by atoms with Crippen LogP contribution in [0.1, 0.15) is 22.4 Å². The van der Waals surface area contributed by atoms with E-state index in [1.807, 2.05) is 60.7 Å². The van der Waals surface area contributed by atoms with Crippen LogP contribution in [0.2, 0.25) is 0 Å². The Morgan fingerprint density at radius 2 is 1.66 bits per heavy atom. The van der Waals surface area contributed by atoms with Crippen molar-refractivity contribution < 1.29 is 9.59 Å². The van der Waals surface area contributed by atoms with Crippen LogP contribution in [-0.4, -0.2) is 27.1 Å². The van der Waals surface area contributed by atoms with Gasteiger partial charge in [0, 0.05) is 18.7 Å². The van der Waals surface area contributed by atoms with Gasteiger partial charge in [0.25, 0.3) is 0 Å². The zero-order valence-corrected chi connectivity index (χ0v) is 15.8. The number of hydrogen-bond acceptors (Lipinski definition) is 4. The lowest BCUT2D eigenvalue weighted by atomic mass is 10.1. The van der Waals surface area contributed by atoms with Gasteiger partial charge in [0.15, 0.2) is 0 Å². The molecule has 1 aliphatic heterocycles. The standard InChI is InChI=1S/C21H22N6O2/c28-19(11-15-7-3-1-4-8-15)23-20-17-13-27(14-18(17)24-25-20)26-21(29)22-12-16-9-5-2-6-10-16/h1-10H,11-14H2,(H2,22,26,29)(H2,23,24,25,28).